The second kappa shape index (κ2) is 7.75. The highest BCUT2D eigenvalue weighted by molar-refractivity contribution is 5.89. The summed E-state index contributed by atoms with van der Waals surface area (Å²) in [4.78, 5) is 18.6. The van der Waals surface area contributed by atoms with Crippen LogP contribution in [0.1, 0.15) is 24.6 Å². The first-order chi connectivity index (χ1) is 13.6. The number of carbonyl (C=O) groups is 1. The van der Waals surface area contributed by atoms with Gasteiger partial charge < -0.3 is 10.2 Å². The Kier molecular flexibility index (Phi) is 5.01. The fraction of sp³-hybridized carbons (Fsp3) is 0.250. The third-order valence-electron chi connectivity index (χ3n) is 4.88. The number of amides is 2. The van der Waals surface area contributed by atoms with Crippen LogP contribution < -0.4 is 5.32 Å². The molecule has 0 aliphatic carbocycles. The van der Waals surface area contributed by atoms with E-state index >= 15 is 0 Å². The number of carbonyl (C=O) groups excluding carboxylic acids is 1. The first-order valence-corrected chi connectivity index (χ1v) is 9.09. The molecule has 3 aromatic rings. The lowest BCUT2D eigenvalue weighted by Gasteiger charge is -2.31. The van der Waals surface area contributed by atoms with Gasteiger partial charge in [0.25, 0.3) is 0 Å². The van der Waals surface area contributed by atoms with Crippen molar-refractivity contribution in [1.82, 2.24) is 20.1 Å². The van der Waals surface area contributed by atoms with Gasteiger partial charge in [-0.1, -0.05) is 30.3 Å². The Morgan fingerprint density at radius 2 is 1.86 bits per heavy atom. The number of aromatic amines is 1. The molecule has 1 fully saturated rings. The molecule has 0 unspecified atom stereocenters. The van der Waals surface area contributed by atoms with E-state index in [1.165, 1.54) is 6.07 Å². The summed E-state index contributed by atoms with van der Waals surface area (Å²) < 4.78 is 26.7. The van der Waals surface area contributed by atoms with Crippen LogP contribution >= 0.6 is 0 Å². The van der Waals surface area contributed by atoms with Crippen molar-refractivity contribution >= 4 is 11.7 Å². The van der Waals surface area contributed by atoms with Crippen molar-refractivity contribution in [2.75, 3.05) is 18.4 Å². The quantitative estimate of drug-likeness (QED) is 0.713. The Morgan fingerprint density at radius 1 is 1.11 bits per heavy atom. The highest BCUT2D eigenvalue weighted by Gasteiger charge is 2.26. The van der Waals surface area contributed by atoms with Crippen molar-refractivity contribution < 1.29 is 13.6 Å². The number of nitrogens with zero attached hydrogens (tertiary/aromatic N) is 3. The van der Waals surface area contributed by atoms with Gasteiger partial charge in [-0.15, -0.1) is 0 Å². The van der Waals surface area contributed by atoms with Crippen molar-refractivity contribution in [2.24, 2.45) is 0 Å². The van der Waals surface area contributed by atoms with Crippen molar-refractivity contribution in [1.29, 1.82) is 0 Å². The average molecular weight is 383 g/mol. The van der Waals surface area contributed by atoms with Crippen molar-refractivity contribution in [3.63, 3.8) is 0 Å². The van der Waals surface area contributed by atoms with Crippen LogP contribution in [0.15, 0.2) is 48.5 Å². The molecule has 1 aliphatic heterocycles. The minimum absolute atomic E-state index is 0.0312. The van der Waals surface area contributed by atoms with Gasteiger partial charge in [0, 0.05) is 30.6 Å². The molecule has 28 heavy (non-hydrogen) atoms. The standard InChI is InChI=1S/C20H19F2N5O/c21-15-6-7-17(16(22)12-15)23-20(28)27-10-8-14(9-11-27)19-24-18(25-26-19)13-4-2-1-3-5-13/h1-7,12,14H,8-11H2,(H,23,28)(H,24,25,26). The van der Waals surface area contributed by atoms with Crippen LogP contribution in [0.4, 0.5) is 19.3 Å². The number of hydrogen-bond donors (Lipinski definition) is 2. The lowest BCUT2D eigenvalue weighted by atomic mass is 9.96. The van der Waals surface area contributed by atoms with Gasteiger partial charge in [-0.2, -0.15) is 5.10 Å². The predicted octanol–water partition coefficient (Wildman–Crippen LogP) is 4.16. The second-order valence-electron chi connectivity index (χ2n) is 6.73. The number of urea groups is 1. The van der Waals surface area contributed by atoms with Gasteiger partial charge in [0.05, 0.1) is 5.69 Å². The lowest BCUT2D eigenvalue weighted by Crippen LogP contribution is -2.40. The summed E-state index contributed by atoms with van der Waals surface area (Å²) in [5.41, 5.74) is 0.916. The fourth-order valence-electron chi connectivity index (χ4n) is 3.31. The van der Waals surface area contributed by atoms with Gasteiger partial charge in [-0.05, 0) is 25.0 Å². The third-order valence-corrected chi connectivity index (χ3v) is 4.88. The number of hydrogen-bond acceptors (Lipinski definition) is 3. The van der Waals surface area contributed by atoms with E-state index in [0.717, 1.165) is 36.4 Å². The first-order valence-electron chi connectivity index (χ1n) is 9.09. The molecule has 0 saturated carbocycles. The molecule has 0 bridgehead atoms. The van der Waals surface area contributed by atoms with Gasteiger partial charge in [0.1, 0.15) is 17.5 Å². The van der Waals surface area contributed by atoms with Crippen LogP contribution in [0.2, 0.25) is 0 Å². The van der Waals surface area contributed by atoms with Gasteiger partial charge in [-0.25, -0.2) is 18.6 Å². The highest BCUT2D eigenvalue weighted by atomic mass is 19.1. The van der Waals surface area contributed by atoms with Crippen molar-refractivity contribution in [3.05, 3.63) is 66.0 Å². The van der Waals surface area contributed by atoms with E-state index in [2.05, 4.69) is 20.5 Å². The Labute approximate surface area is 160 Å². The van der Waals surface area contributed by atoms with Crippen LogP contribution in [-0.4, -0.2) is 39.2 Å². The van der Waals surface area contributed by atoms with E-state index in [1.54, 1.807) is 4.90 Å². The molecule has 0 spiro atoms. The van der Waals surface area contributed by atoms with E-state index in [4.69, 9.17) is 0 Å². The van der Waals surface area contributed by atoms with E-state index in [1.807, 2.05) is 30.3 Å². The van der Waals surface area contributed by atoms with Gasteiger partial charge >= 0.3 is 6.03 Å². The monoisotopic (exact) mass is 383 g/mol. The number of benzene rings is 2. The molecular weight excluding hydrogens is 364 g/mol. The second-order valence-corrected chi connectivity index (χ2v) is 6.73. The largest absolute Gasteiger partial charge is 0.324 e. The zero-order chi connectivity index (χ0) is 19.5. The highest BCUT2D eigenvalue weighted by Crippen LogP contribution is 2.27. The number of nitrogens with one attached hydrogen (secondary N) is 2. The SMILES string of the molecule is O=C(Nc1ccc(F)cc1F)N1CCC(c2nc(-c3ccccc3)n[nH]2)CC1. The molecule has 2 aromatic carbocycles. The Hall–Kier alpha value is -3.29. The fourth-order valence-corrected chi connectivity index (χ4v) is 3.31. The molecule has 0 atom stereocenters. The topological polar surface area (TPSA) is 73.9 Å². The van der Waals surface area contributed by atoms with Crippen LogP contribution in [-0.2, 0) is 0 Å². The Bertz CT molecular complexity index is 968. The first kappa shape index (κ1) is 18.1. The van der Waals surface area contributed by atoms with Gasteiger partial charge in [0.15, 0.2) is 5.82 Å². The summed E-state index contributed by atoms with van der Waals surface area (Å²) in [6, 6.07) is 12.4. The predicted molar refractivity (Wildman–Crippen MR) is 101 cm³/mol. The zero-order valence-corrected chi connectivity index (χ0v) is 15.0. The summed E-state index contributed by atoms with van der Waals surface area (Å²) in [6.45, 7) is 1.03. The van der Waals surface area contributed by atoms with Crippen LogP contribution in [0, 0.1) is 11.6 Å². The zero-order valence-electron chi connectivity index (χ0n) is 15.0. The number of aromatic nitrogens is 3. The molecular formula is C20H19F2N5O. The Morgan fingerprint density at radius 3 is 2.57 bits per heavy atom. The maximum absolute atomic E-state index is 13.7. The molecule has 0 radical (unpaired) electrons. The molecule has 1 aliphatic rings. The normalized spacial score (nSPS) is 14.9. The maximum atomic E-state index is 13.7. The molecule has 2 heterocycles. The van der Waals surface area contributed by atoms with Crippen molar-refractivity contribution in [2.45, 2.75) is 18.8 Å². The molecule has 6 nitrogen and oxygen atoms in total. The minimum atomic E-state index is -0.793. The van der Waals surface area contributed by atoms with Crippen LogP contribution in [0.5, 0.6) is 0 Å². The number of likely N-dealkylation sites (tertiary alicyclic amines) is 1. The number of anilines is 1. The third kappa shape index (κ3) is 3.85. The van der Waals surface area contributed by atoms with E-state index in [0.29, 0.717) is 18.9 Å². The smallest absolute Gasteiger partial charge is 0.321 e. The summed E-state index contributed by atoms with van der Waals surface area (Å²) in [7, 11) is 0. The van der Waals surface area contributed by atoms with Gasteiger partial charge in [0.2, 0.25) is 0 Å². The molecule has 4 rings (SSSR count). The maximum Gasteiger partial charge on any atom is 0.321 e. The Balaban J connectivity index is 1.35. The van der Waals surface area contributed by atoms with Crippen LogP contribution in [0.3, 0.4) is 0 Å². The summed E-state index contributed by atoms with van der Waals surface area (Å²) in [6.07, 6.45) is 1.45. The number of piperidine rings is 1. The van der Waals surface area contributed by atoms with Gasteiger partial charge in [-0.3, -0.25) is 5.10 Å². The molecule has 2 amide bonds. The lowest BCUT2D eigenvalue weighted by molar-refractivity contribution is 0.193. The van der Waals surface area contributed by atoms with E-state index in [9.17, 15) is 13.6 Å². The van der Waals surface area contributed by atoms with Crippen LogP contribution in [0.25, 0.3) is 11.4 Å². The average Bonchev–Trinajstić information content (AvgIpc) is 3.21. The summed E-state index contributed by atoms with van der Waals surface area (Å²) in [5, 5.41) is 9.79. The summed E-state index contributed by atoms with van der Waals surface area (Å²) >= 11 is 0. The molecule has 1 saturated heterocycles. The minimum Gasteiger partial charge on any atom is -0.324 e. The van der Waals surface area contributed by atoms with Crippen molar-refractivity contribution in [3.8, 4) is 11.4 Å². The number of H-pyrrole nitrogens is 1. The van der Waals surface area contributed by atoms with E-state index in [-0.39, 0.29) is 11.6 Å². The number of halogens is 2. The number of rotatable bonds is 3. The van der Waals surface area contributed by atoms with E-state index < -0.39 is 17.7 Å². The molecule has 1 aromatic heterocycles. The molecule has 2 N–H and O–H groups in total. The molecule has 144 valence electrons. The summed E-state index contributed by atoms with van der Waals surface area (Å²) in [5.74, 6) is 0.166. The molecule has 8 heteroatoms.